The molecule has 4 rings (SSSR count). The molecular weight excluding hydrogens is 403 g/mol. The summed E-state index contributed by atoms with van der Waals surface area (Å²) in [6, 6.07) is 15.9. The molecule has 152 valence electrons. The maximum absolute atomic E-state index is 14.1. The number of amides is 1. The quantitative estimate of drug-likeness (QED) is 0.456. The molecule has 0 aliphatic carbocycles. The first kappa shape index (κ1) is 20.1. The van der Waals surface area contributed by atoms with Gasteiger partial charge in [0.05, 0.1) is 5.52 Å². The maximum Gasteiger partial charge on any atom is 0.331 e. The highest BCUT2D eigenvalue weighted by Crippen LogP contribution is 2.38. The first-order chi connectivity index (χ1) is 14.6. The Balaban J connectivity index is 1.38. The van der Waals surface area contributed by atoms with E-state index in [2.05, 4.69) is 4.98 Å². The van der Waals surface area contributed by atoms with Gasteiger partial charge in [-0.1, -0.05) is 42.5 Å². The summed E-state index contributed by atoms with van der Waals surface area (Å²) in [6.45, 7) is 0.0973. The summed E-state index contributed by atoms with van der Waals surface area (Å²) in [5.74, 6) is -0.613. The van der Waals surface area contributed by atoms with Crippen LogP contribution in [0.2, 0.25) is 0 Å². The van der Waals surface area contributed by atoms with Crippen molar-refractivity contribution >= 4 is 40.6 Å². The van der Waals surface area contributed by atoms with Crippen LogP contribution in [0, 0.1) is 5.82 Å². The summed E-state index contributed by atoms with van der Waals surface area (Å²) in [6.07, 6.45) is 4.59. The SMILES string of the molecule is O=C(/C=C/c1cccc2cccnc12)OCC(=O)N1CCSC1c1ccccc1F. The highest BCUT2D eigenvalue weighted by molar-refractivity contribution is 7.99. The predicted molar refractivity (Wildman–Crippen MR) is 115 cm³/mol. The Labute approximate surface area is 177 Å². The van der Waals surface area contributed by atoms with Gasteiger partial charge in [-0.3, -0.25) is 9.78 Å². The Hall–Kier alpha value is -3.19. The van der Waals surface area contributed by atoms with Crippen molar-refractivity contribution in [2.24, 2.45) is 0 Å². The summed E-state index contributed by atoms with van der Waals surface area (Å²) in [5, 5.41) is 0.559. The monoisotopic (exact) mass is 422 g/mol. The number of carbonyl (C=O) groups is 2. The molecule has 1 saturated heterocycles. The molecule has 5 nitrogen and oxygen atoms in total. The molecule has 1 fully saturated rings. The highest BCUT2D eigenvalue weighted by Gasteiger charge is 2.32. The van der Waals surface area contributed by atoms with Gasteiger partial charge in [-0.2, -0.15) is 0 Å². The van der Waals surface area contributed by atoms with E-state index in [9.17, 15) is 14.0 Å². The first-order valence-corrected chi connectivity index (χ1v) is 10.5. The summed E-state index contributed by atoms with van der Waals surface area (Å²) in [7, 11) is 0. The molecule has 3 aromatic rings. The van der Waals surface area contributed by atoms with Gasteiger partial charge < -0.3 is 9.64 Å². The fourth-order valence-electron chi connectivity index (χ4n) is 3.34. The van der Waals surface area contributed by atoms with E-state index in [-0.39, 0.29) is 18.3 Å². The Morgan fingerprint density at radius 2 is 2.00 bits per heavy atom. The second-order valence-corrected chi connectivity index (χ2v) is 7.88. The van der Waals surface area contributed by atoms with Crippen LogP contribution in [-0.4, -0.2) is 40.7 Å². The lowest BCUT2D eigenvalue weighted by Crippen LogP contribution is -2.34. The topological polar surface area (TPSA) is 59.5 Å². The summed E-state index contributed by atoms with van der Waals surface area (Å²) in [5.41, 5.74) is 2.02. The Kier molecular flexibility index (Phi) is 6.09. The van der Waals surface area contributed by atoms with Gasteiger partial charge in [0.25, 0.3) is 5.91 Å². The smallest absolute Gasteiger partial charge is 0.331 e. The molecular formula is C23H19FN2O3S. The number of fused-ring (bicyclic) bond motifs is 1. The summed E-state index contributed by atoms with van der Waals surface area (Å²) in [4.78, 5) is 30.6. The van der Waals surface area contributed by atoms with Crippen molar-refractivity contribution in [3.8, 4) is 0 Å². The van der Waals surface area contributed by atoms with Gasteiger partial charge in [-0.15, -0.1) is 11.8 Å². The second-order valence-electron chi connectivity index (χ2n) is 6.70. The van der Waals surface area contributed by atoms with Crippen LogP contribution >= 0.6 is 11.8 Å². The van der Waals surface area contributed by atoms with E-state index in [0.717, 1.165) is 16.5 Å². The number of hydrogen-bond acceptors (Lipinski definition) is 5. The van der Waals surface area contributed by atoms with Gasteiger partial charge in [0.15, 0.2) is 6.61 Å². The van der Waals surface area contributed by atoms with Crippen LogP contribution in [0.25, 0.3) is 17.0 Å². The number of halogens is 1. The molecule has 7 heteroatoms. The molecule has 1 aromatic heterocycles. The van der Waals surface area contributed by atoms with Gasteiger partial charge in [-0.25, -0.2) is 9.18 Å². The van der Waals surface area contributed by atoms with Gasteiger partial charge in [-0.05, 0) is 18.2 Å². The third-order valence-electron chi connectivity index (χ3n) is 4.78. The number of nitrogens with zero attached hydrogens (tertiary/aromatic N) is 2. The molecule has 0 bridgehead atoms. The van der Waals surface area contributed by atoms with Crippen LogP contribution in [0.5, 0.6) is 0 Å². The Bertz CT molecular complexity index is 1110. The van der Waals surface area contributed by atoms with Crippen LogP contribution in [0.15, 0.2) is 66.9 Å². The number of pyridine rings is 1. The van der Waals surface area contributed by atoms with Gasteiger partial charge in [0, 0.05) is 41.1 Å². The fourth-order valence-corrected chi connectivity index (χ4v) is 4.64. The van der Waals surface area contributed by atoms with Gasteiger partial charge >= 0.3 is 5.97 Å². The van der Waals surface area contributed by atoms with E-state index in [1.807, 2.05) is 30.3 Å². The average molecular weight is 422 g/mol. The minimum Gasteiger partial charge on any atom is -0.452 e. The minimum absolute atomic E-state index is 0.346. The molecule has 30 heavy (non-hydrogen) atoms. The van der Waals surface area contributed by atoms with Crippen molar-refractivity contribution in [3.63, 3.8) is 0 Å². The van der Waals surface area contributed by atoms with Crippen molar-refractivity contribution in [1.29, 1.82) is 0 Å². The van der Waals surface area contributed by atoms with Crippen molar-refractivity contribution in [3.05, 3.63) is 83.8 Å². The second kappa shape index (κ2) is 9.09. The summed E-state index contributed by atoms with van der Waals surface area (Å²) < 4.78 is 19.2. The Morgan fingerprint density at radius 1 is 1.17 bits per heavy atom. The van der Waals surface area contributed by atoms with Crippen molar-refractivity contribution in [2.45, 2.75) is 5.37 Å². The van der Waals surface area contributed by atoms with Gasteiger partial charge in [0.1, 0.15) is 11.2 Å². The predicted octanol–water partition coefficient (Wildman–Crippen LogP) is 4.20. The van der Waals surface area contributed by atoms with E-state index in [4.69, 9.17) is 4.74 Å². The molecule has 0 N–H and O–H groups in total. The first-order valence-electron chi connectivity index (χ1n) is 9.47. The number of ether oxygens (including phenoxy) is 1. The minimum atomic E-state index is -0.620. The zero-order valence-corrected chi connectivity index (χ0v) is 16.8. The van der Waals surface area contributed by atoms with Crippen LogP contribution in [0.1, 0.15) is 16.5 Å². The van der Waals surface area contributed by atoms with Crippen LogP contribution in [0.4, 0.5) is 4.39 Å². The largest absolute Gasteiger partial charge is 0.452 e. The number of thioether (sulfide) groups is 1. The number of hydrogen-bond donors (Lipinski definition) is 0. The molecule has 1 aliphatic rings. The lowest BCUT2D eigenvalue weighted by Gasteiger charge is -2.24. The summed E-state index contributed by atoms with van der Waals surface area (Å²) >= 11 is 1.49. The molecule has 1 unspecified atom stereocenters. The molecule has 0 saturated carbocycles. The standard InChI is InChI=1S/C23H19FN2O3S/c24-19-9-2-1-8-18(19)23-26(13-14-30-23)20(27)15-29-21(28)11-10-17-6-3-5-16-7-4-12-25-22(16)17/h1-12,23H,13-15H2/b11-10+. The van der Waals surface area contributed by atoms with E-state index in [1.54, 1.807) is 35.4 Å². The molecule has 1 amide bonds. The van der Waals surface area contributed by atoms with E-state index >= 15 is 0 Å². The van der Waals surface area contributed by atoms with E-state index < -0.39 is 11.3 Å². The fraction of sp³-hybridized carbons (Fsp3) is 0.174. The normalized spacial score (nSPS) is 16.3. The molecule has 1 aliphatic heterocycles. The van der Waals surface area contributed by atoms with Gasteiger partial charge in [0.2, 0.25) is 0 Å². The molecule has 2 aromatic carbocycles. The van der Waals surface area contributed by atoms with Crippen molar-refractivity contribution < 1.29 is 18.7 Å². The lowest BCUT2D eigenvalue weighted by molar-refractivity contribution is -0.148. The number of benzene rings is 2. The molecule has 1 atom stereocenters. The Morgan fingerprint density at radius 3 is 2.87 bits per heavy atom. The van der Waals surface area contributed by atoms with E-state index in [1.165, 1.54) is 23.9 Å². The zero-order valence-electron chi connectivity index (χ0n) is 16.0. The lowest BCUT2D eigenvalue weighted by atomic mass is 10.1. The van der Waals surface area contributed by atoms with Crippen molar-refractivity contribution in [1.82, 2.24) is 9.88 Å². The number of esters is 1. The molecule has 0 spiro atoms. The number of rotatable bonds is 5. The van der Waals surface area contributed by atoms with Crippen LogP contribution in [0.3, 0.4) is 0 Å². The van der Waals surface area contributed by atoms with Crippen molar-refractivity contribution in [2.75, 3.05) is 18.9 Å². The average Bonchev–Trinajstić information content (AvgIpc) is 3.26. The zero-order chi connectivity index (χ0) is 20.9. The van der Waals surface area contributed by atoms with E-state index in [0.29, 0.717) is 17.9 Å². The third-order valence-corrected chi connectivity index (χ3v) is 6.03. The number of para-hydroxylation sites is 1. The highest BCUT2D eigenvalue weighted by atomic mass is 32.2. The number of carbonyl (C=O) groups excluding carboxylic acids is 2. The van der Waals surface area contributed by atoms with Crippen LogP contribution < -0.4 is 0 Å². The maximum atomic E-state index is 14.1. The molecule has 2 heterocycles. The number of aromatic nitrogens is 1. The van der Waals surface area contributed by atoms with Crippen LogP contribution in [-0.2, 0) is 14.3 Å². The third kappa shape index (κ3) is 4.36. The molecule has 0 radical (unpaired) electrons.